The van der Waals surface area contributed by atoms with Gasteiger partial charge in [-0.05, 0) is 6.04 Å². The summed E-state index contributed by atoms with van der Waals surface area (Å²) >= 11 is 11.8. The summed E-state index contributed by atoms with van der Waals surface area (Å²) in [5, 5.41) is -0.202. The second kappa shape index (κ2) is 6.97. The van der Waals surface area contributed by atoms with Gasteiger partial charge in [0.05, 0.1) is 0 Å². The molecule has 1 aromatic rings. The van der Waals surface area contributed by atoms with Crippen LogP contribution in [0.2, 0.25) is 36.0 Å². The first-order valence-electron chi connectivity index (χ1n) is 6.38. The van der Waals surface area contributed by atoms with Gasteiger partial charge in [0.25, 0.3) is 10.0 Å². The van der Waals surface area contributed by atoms with Crippen LogP contribution >= 0.6 is 23.2 Å². The van der Waals surface area contributed by atoms with Crippen molar-refractivity contribution in [3.8, 4) is 0 Å². The van der Waals surface area contributed by atoms with E-state index in [1.54, 1.807) is 0 Å². The lowest BCUT2D eigenvalue weighted by atomic mass is 10.8. The molecule has 1 heterocycles. The quantitative estimate of drug-likeness (QED) is 0.544. The van der Waals surface area contributed by atoms with E-state index in [0.717, 1.165) is 10.3 Å². The summed E-state index contributed by atoms with van der Waals surface area (Å²) in [7, 11) is -2.10. The monoisotopic (exact) mass is 373 g/mol. The SMILES string of the molecule is CN(C)S(=O)(=O)c1nc(Cl)c(Cl)n1COCC[Si](C)(C)C. The minimum atomic E-state index is -3.73. The molecule has 0 amide bonds. The molecule has 0 aliphatic carbocycles. The Labute approximate surface area is 137 Å². The molecule has 1 aromatic heterocycles. The molecule has 0 saturated heterocycles. The molecule has 0 aromatic carbocycles. The van der Waals surface area contributed by atoms with Crippen LogP contribution in [0.5, 0.6) is 0 Å². The Balaban J connectivity index is 2.92. The van der Waals surface area contributed by atoms with Crippen molar-refractivity contribution in [1.82, 2.24) is 13.9 Å². The summed E-state index contributed by atoms with van der Waals surface area (Å²) in [4.78, 5) is 3.83. The Kier molecular flexibility index (Phi) is 6.28. The van der Waals surface area contributed by atoms with Gasteiger partial charge < -0.3 is 4.74 Å². The highest BCUT2D eigenvalue weighted by molar-refractivity contribution is 7.88. The molecule has 0 spiro atoms. The third kappa shape index (κ3) is 4.94. The van der Waals surface area contributed by atoms with E-state index in [4.69, 9.17) is 27.9 Å². The maximum Gasteiger partial charge on any atom is 0.276 e. The van der Waals surface area contributed by atoms with Crippen LogP contribution in [0, 0.1) is 0 Å². The van der Waals surface area contributed by atoms with Crippen molar-refractivity contribution in [2.45, 2.75) is 37.6 Å². The Morgan fingerprint density at radius 1 is 1.29 bits per heavy atom. The summed E-state index contributed by atoms with van der Waals surface area (Å²) in [6.45, 7) is 7.26. The first kappa shape index (κ1) is 18.9. The van der Waals surface area contributed by atoms with E-state index in [0.29, 0.717) is 6.61 Å². The minimum absolute atomic E-state index is 0.00539. The smallest absolute Gasteiger partial charge is 0.276 e. The third-order valence-corrected chi connectivity index (χ3v) is 6.94. The van der Waals surface area contributed by atoms with E-state index < -0.39 is 18.1 Å². The van der Waals surface area contributed by atoms with Gasteiger partial charge in [-0.1, -0.05) is 42.8 Å². The zero-order valence-electron chi connectivity index (χ0n) is 12.9. The summed E-state index contributed by atoms with van der Waals surface area (Å²) in [6, 6.07) is 0.975. The van der Waals surface area contributed by atoms with E-state index in [1.807, 2.05) is 0 Å². The number of nitrogens with zero attached hydrogens (tertiary/aromatic N) is 3. The summed E-state index contributed by atoms with van der Waals surface area (Å²) in [5.74, 6) is 0. The number of hydrogen-bond acceptors (Lipinski definition) is 4. The normalized spacial score (nSPS) is 13.1. The number of aromatic nitrogens is 2. The van der Waals surface area contributed by atoms with Gasteiger partial charge >= 0.3 is 0 Å². The number of hydrogen-bond donors (Lipinski definition) is 0. The molecule has 0 saturated carbocycles. The Hall–Kier alpha value is -0.123. The van der Waals surface area contributed by atoms with Crippen molar-refractivity contribution >= 4 is 41.3 Å². The number of ether oxygens (including phenoxy) is 1. The van der Waals surface area contributed by atoms with Crippen LogP contribution in [0.1, 0.15) is 0 Å². The number of halogens is 2. The molecule has 1 rings (SSSR count). The fourth-order valence-electron chi connectivity index (χ4n) is 1.39. The highest BCUT2D eigenvalue weighted by atomic mass is 35.5. The van der Waals surface area contributed by atoms with Gasteiger partial charge in [-0.3, -0.25) is 4.57 Å². The maximum atomic E-state index is 12.2. The van der Waals surface area contributed by atoms with Crippen LogP contribution in [-0.2, 0) is 21.5 Å². The lowest BCUT2D eigenvalue weighted by Crippen LogP contribution is -2.26. The van der Waals surface area contributed by atoms with E-state index in [-0.39, 0.29) is 22.2 Å². The first-order chi connectivity index (χ1) is 9.47. The van der Waals surface area contributed by atoms with Crippen molar-refractivity contribution in [3.05, 3.63) is 10.3 Å². The molecule has 21 heavy (non-hydrogen) atoms. The number of sulfonamides is 1. The molecule has 0 N–H and O–H groups in total. The van der Waals surface area contributed by atoms with Gasteiger partial charge in [-0.25, -0.2) is 17.7 Å². The zero-order valence-corrected chi connectivity index (χ0v) is 16.2. The van der Waals surface area contributed by atoms with Crippen LogP contribution in [0.25, 0.3) is 0 Å². The summed E-state index contributed by atoms with van der Waals surface area (Å²) in [6.07, 6.45) is 0. The molecule has 0 aliphatic rings. The standard InChI is InChI=1S/C11H21Cl2N3O3SSi/c1-15(2)20(17,18)11-14-9(12)10(13)16(11)8-19-6-7-21(3,4)5/h6-8H2,1-5H3. The minimum Gasteiger partial charge on any atom is -0.361 e. The van der Waals surface area contributed by atoms with Crippen molar-refractivity contribution in [2.24, 2.45) is 0 Å². The fraction of sp³-hybridized carbons (Fsp3) is 0.727. The van der Waals surface area contributed by atoms with E-state index >= 15 is 0 Å². The molecular weight excluding hydrogens is 353 g/mol. The van der Waals surface area contributed by atoms with Crippen molar-refractivity contribution in [2.75, 3.05) is 20.7 Å². The molecule has 10 heteroatoms. The van der Waals surface area contributed by atoms with Crippen molar-refractivity contribution < 1.29 is 13.2 Å². The molecule has 0 radical (unpaired) electrons. The predicted octanol–water partition coefficient (Wildman–Crippen LogP) is 2.75. The average molecular weight is 374 g/mol. The predicted molar refractivity (Wildman–Crippen MR) is 87.2 cm³/mol. The van der Waals surface area contributed by atoms with Crippen LogP contribution in [0.15, 0.2) is 5.16 Å². The van der Waals surface area contributed by atoms with Crippen LogP contribution in [0.4, 0.5) is 0 Å². The molecule has 0 unspecified atom stereocenters. The van der Waals surface area contributed by atoms with Gasteiger partial charge in [-0.15, -0.1) is 0 Å². The third-order valence-electron chi connectivity index (χ3n) is 2.76. The van der Waals surface area contributed by atoms with Gasteiger partial charge in [0, 0.05) is 28.8 Å². The first-order valence-corrected chi connectivity index (χ1v) is 12.3. The lowest BCUT2D eigenvalue weighted by Gasteiger charge is -2.17. The van der Waals surface area contributed by atoms with Crippen molar-refractivity contribution in [3.63, 3.8) is 0 Å². The highest BCUT2D eigenvalue weighted by Crippen LogP contribution is 2.26. The van der Waals surface area contributed by atoms with Crippen LogP contribution in [0.3, 0.4) is 0 Å². The molecule has 6 nitrogen and oxygen atoms in total. The van der Waals surface area contributed by atoms with E-state index in [9.17, 15) is 8.42 Å². The number of rotatable bonds is 7. The topological polar surface area (TPSA) is 64.4 Å². The number of imidazole rings is 1. The zero-order chi connectivity index (χ0) is 16.4. The highest BCUT2D eigenvalue weighted by Gasteiger charge is 2.27. The summed E-state index contributed by atoms with van der Waals surface area (Å²) in [5.41, 5.74) is 0. The molecule has 0 aliphatic heterocycles. The van der Waals surface area contributed by atoms with E-state index in [2.05, 4.69) is 24.6 Å². The Morgan fingerprint density at radius 3 is 2.33 bits per heavy atom. The van der Waals surface area contributed by atoms with Gasteiger partial charge in [0.1, 0.15) is 6.73 Å². The lowest BCUT2D eigenvalue weighted by molar-refractivity contribution is 0.0809. The largest absolute Gasteiger partial charge is 0.361 e. The molecular formula is C11H21Cl2N3O3SSi. The van der Waals surface area contributed by atoms with Crippen molar-refractivity contribution in [1.29, 1.82) is 0 Å². The second-order valence-electron chi connectivity index (χ2n) is 6.04. The van der Waals surface area contributed by atoms with Gasteiger partial charge in [0.2, 0.25) is 5.16 Å². The molecule has 0 atom stereocenters. The average Bonchev–Trinajstić information content (AvgIpc) is 2.61. The Morgan fingerprint density at radius 2 is 1.86 bits per heavy atom. The molecule has 122 valence electrons. The summed E-state index contributed by atoms with van der Waals surface area (Å²) < 4.78 is 32.2. The molecule has 0 fully saturated rings. The van der Waals surface area contributed by atoms with Gasteiger partial charge in [0.15, 0.2) is 10.3 Å². The van der Waals surface area contributed by atoms with Gasteiger partial charge in [-0.2, -0.15) is 0 Å². The Bertz CT molecular complexity index is 597. The molecule has 0 bridgehead atoms. The fourth-order valence-corrected chi connectivity index (χ4v) is 3.56. The maximum absolute atomic E-state index is 12.2. The second-order valence-corrected chi connectivity index (χ2v) is 14.4. The van der Waals surface area contributed by atoms with Crippen LogP contribution < -0.4 is 0 Å². The van der Waals surface area contributed by atoms with E-state index in [1.165, 1.54) is 18.7 Å². The van der Waals surface area contributed by atoms with Crippen LogP contribution in [-0.4, -0.2) is 51.1 Å².